The van der Waals surface area contributed by atoms with Crippen molar-refractivity contribution in [1.29, 1.82) is 0 Å². The van der Waals surface area contributed by atoms with Crippen molar-refractivity contribution in [2.75, 3.05) is 32.3 Å². The molecule has 0 aromatic carbocycles. The molecule has 34 heavy (non-hydrogen) atoms. The topological polar surface area (TPSA) is 44.8 Å². The number of carbonyl (C=O) groups excluding carboxylic acids is 1. The van der Waals surface area contributed by atoms with E-state index in [4.69, 9.17) is 14.2 Å². The maximum Gasteiger partial charge on any atom is 0.367 e. The number of halogens is 2. The number of esters is 1. The van der Waals surface area contributed by atoms with Crippen LogP contribution in [0.5, 0.6) is 0 Å². The van der Waals surface area contributed by atoms with Gasteiger partial charge in [0.25, 0.3) is 0 Å². The SMILES string of the molecule is CCOC(=O)/C(F)=C(\CC/C(F)=C(/CC/C=C(\C)CCC=C(C)C)C1SCCS1)C(OC)OC. The lowest BCUT2D eigenvalue weighted by molar-refractivity contribution is -0.141. The summed E-state index contributed by atoms with van der Waals surface area (Å²) in [4.78, 5) is 11.9. The molecule has 194 valence electrons. The number of hydrogen-bond donors (Lipinski definition) is 0. The molecule has 0 saturated carbocycles. The van der Waals surface area contributed by atoms with Crippen LogP contribution in [0.4, 0.5) is 8.78 Å². The van der Waals surface area contributed by atoms with Gasteiger partial charge in [-0.15, -0.1) is 23.5 Å². The molecule has 1 aliphatic heterocycles. The molecule has 0 aliphatic carbocycles. The second-order valence-electron chi connectivity index (χ2n) is 8.28. The number of hydrogen-bond acceptors (Lipinski definition) is 6. The van der Waals surface area contributed by atoms with Gasteiger partial charge in [0.05, 0.1) is 11.2 Å². The summed E-state index contributed by atoms with van der Waals surface area (Å²) in [6.07, 6.45) is 6.66. The van der Waals surface area contributed by atoms with Crippen LogP contribution in [-0.4, -0.2) is 49.2 Å². The van der Waals surface area contributed by atoms with Crippen LogP contribution < -0.4 is 0 Å². The predicted octanol–water partition coefficient (Wildman–Crippen LogP) is 7.67. The van der Waals surface area contributed by atoms with Crippen LogP contribution in [0.25, 0.3) is 0 Å². The zero-order valence-corrected chi connectivity index (χ0v) is 23.0. The number of allylic oxidation sites excluding steroid dienone is 5. The van der Waals surface area contributed by atoms with Crippen LogP contribution in [0.15, 0.2) is 46.1 Å². The van der Waals surface area contributed by atoms with Crippen molar-refractivity contribution < 1.29 is 27.8 Å². The Morgan fingerprint density at radius 3 is 2.15 bits per heavy atom. The Kier molecular flexibility index (Phi) is 15.8. The van der Waals surface area contributed by atoms with Crippen molar-refractivity contribution in [2.45, 2.75) is 77.1 Å². The Labute approximate surface area is 212 Å². The molecule has 0 aromatic rings. The van der Waals surface area contributed by atoms with Crippen LogP contribution in [0, 0.1) is 0 Å². The zero-order chi connectivity index (χ0) is 25.5. The average Bonchev–Trinajstić information content (AvgIpc) is 3.33. The van der Waals surface area contributed by atoms with E-state index in [-0.39, 0.29) is 35.4 Å². The second kappa shape index (κ2) is 17.4. The molecule has 0 amide bonds. The molecule has 0 radical (unpaired) electrons. The molecule has 0 aromatic heterocycles. The lowest BCUT2D eigenvalue weighted by atomic mass is 10.0. The highest BCUT2D eigenvalue weighted by Crippen LogP contribution is 2.41. The number of ether oxygens (including phenoxy) is 3. The lowest BCUT2D eigenvalue weighted by Crippen LogP contribution is -2.20. The highest BCUT2D eigenvalue weighted by molar-refractivity contribution is 8.20. The molecule has 0 N–H and O–H groups in total. The molecule has 8 heteroatoms. The summed E-state index contributed by atoms with van der Waals surface area (Å²) in [6.45, 7) is 7.94. The van der Waals surface area contributed by atoms with E-state index in [0.717, 1.165) is 36.3 Å². The van der Waals surface area contributed by atoms with Gasteiger partial charge in [0, 0.05) is 37.7 Å². The van der Waals surface area contributed by atoms with Crippen LogP contribution in [0.3, 0.4) is 0 Å². The lowest BCUT2D eigenvalue weighted by Gasteiger charge is -2.19. The van der Waals surface area contributed by atoms with Crippen molar-refractivity contribution in [1.82, 2.24) is 0 Å². The maximum atomic E-state index is 15.5. The van der Waals surface area contributed by atoms with Gasteiger partial charge in [-0.2, -0.15) is 4.39 Å². The maximum absolute atomic E-state index is 15.5. The molecular formula is C26H40F2O4S2. The molecule has 1 rings (SSSR count). The minimum absolute atomic E-state index is 0.0262. The van der Waals surface area contributed by atoms with Gasteiger partial charge in [-0.05, 0) is 65.4 Å². The van der Waals surface area contributed by atoms with Gasteiger partial charge in [-0.3, -0.25) is 0 Å². The van der Waals surface area contributed by atoms with E-state index < -0.39 is 18.1 Å². The molecule has 1 saturated heterocycles. The van der Waals surface area contributed by atoms with E-state index in [1.165, 1.54) is 25.4 Å². The van der Waals surface area contributed by atoms with E-state index >= 15 is 4.39 Å². The standard InChI is InChI=1S/C26H40F2O4S2/c1-7-32-24(29)23(28)21(25(30-5)31-6)14-15-22(27)20(26-33-16-17-34-26)13-9-12-19(4)11-8-10-18(2)3/h10,12,25-26H,7-9,11,13-17H2,1-6H3/b19-12+,22-20+,23-21-. The summed E-state index contributed by atoms with van der Waals surface area (Å²) >= 11 is 3.50. The molecule has 0 unspecified atom stereocenters. The third-order valence-electron chi connectivity index (χ3n) is 5.32. The summed E-state index contributed by atoms with van der Waals surface area (Å²) in [7, 11) is 2.70. The van der Waals surface area contributed by atoms with E-state index in [0.29, 0.717) is 6.42 Å². The second-order valence-corrected chi connectivity index (χ2v) is 11.0. The minimum atomic E-state index is -1.09. The number of carbonyl (C=O) groups is 1. The fraction of sp³-hybridized carbons (Fsp3) is 0.654. The van der Waals surface area contributed by atoms with Crippen molar-refractivity contribution in [2.24, 2.45) is 0 Å². The van der Waals surface area contributed by atoms with Gasteiger partial charge in [-0.1, -0.05) is 23.3 Å². The van der Waals surface area contributed by atoms with Crippen LogP contribution in [0.2, 0.25) is 0 Å². The van der Waals surface area contributed by atoms with Crippen molar-refractivity contribution in [3.63, 3.8) is 0 Å². The Hall–Kier alpha value is -1.09. The Balaban J connectivity index is 2.99. The first kappa shape index (κ1) is 30.9. The molecule has 1 heterocycles. The normalized spacial score (nSPS) is 16.4. The van der Waals surface area contributed by atoms with E-state index in [9.17, 15) is 9.18 Å². The smallest absolute Gasteiger partial charge is 0.367 e. The van der Waals surface area contributed by atoms with Gasteiger partial charge < -0.3 is 14.2 Å². The van der Waals surface area contributed by atoms with Crippen molar-refractivity contribution >= 4 is 29.5 Å². The predicted molar refractivity (Wildman–Crippen MR) is 140 cm³/mol. The van der Waals surface area contributed by atoms with Crippen molar-refractivity contribution in [3.8, 4) is 0 Å². The fourth-order valence-corrected chi connectivity index (χ4v) is 6.60. The summed E-state index contributed by atoms with van der Waals surface area (Å²) < 4.78 is 45.4. The molecule has 0 bridgehead atoms. The highest BCUT2D eigenvalue weighted by atomic mass is 32.2. The first-order valence-electron chi connectivity index (χ1n) is 11.8. The first-order valence-corrected chi connectivity index (χ1v) is 13.9. The Morgan fingerprint density at radius 1 is 0.971 bits per heavy atom. The molecular weight excluding hydrogens is 478 g/mol. The third-order valence-corrected chi connectivity index (χ3v) is 8.44. The monoisotopic (exact) mass is 518 g/mol. The third kappa shape index (κ3) is 11.1. The first-order chi connectivity index (χ1) is 16.2. The van der Waals surface area contributed by atoms with Gasteiger partial charge >= 0.3 is 5.97 Å². The Morgan fingerprint density at radius 2 is 1.59 bits per heavy atom. The van der Waals surface area contributed by atoms with Crippen molar-refractivity contribution in [3.05, 3.63) is 46.1 Å². The van der Waals surface area contributed by atoms with Gasteiger partial charge in [0.15, 0.2) is 6.29 Å². The summed E-state index contributed by atoms with van der Waals surface area (Å²) in [6, 6.07) is 0. The van der Waals surface area contributed by atoms with Gasteiger partial charge in [-0.25, -0.2) is 9.18 Å². The Bertz CT molecular complexity index is 761. The minimum Gasteiger partial charge on any atom is -0.461 e. The number of rotatable bonds is 15. The number of methoxy groups -OCH3 is 2. The van der Waals surface area contributed by atoms with E-state index in [1.54, 1.807) is 30.4 Å². The van der Waals surface area contributed by atoms with Crippen LogP contribution in [0.1, 0.15) is 66.2 Å². The van der Waals surface area contributed by atoms with Gasteiger partial charge in [0.1, 0.15) is 5.83 Å². The quantitative estimate of drug-likeness (QED) is 0.0959. The summed E-state index contributed by atoms with van der Waals surface area (Å²) in [5, 5.41) is 0. The van der Waals surface area contributed by atoms with Gasteiger partial charge in [0.2, 0.25) is 5.83 Å². The van der Waals surface area contributed by atoms with Crippen LogP contribution >= 0.6 is 23.5 Å². The molecule has 4 nitrogen and oxygen atoms in total. The molecule has 1 aliphatic rings. The highest BCUT2D eigenvalue weighted by Gasteiger charge is 2.27. The largest absolute Gasteiger partial charge is 0.461 e. The van der Waals surface area contributed by atoms with E-state index in [2.05, 4.69) is 32.9 Å². The van der Waals surface area contributed by atoms with E-state index in [1.807, 2.05) is 0 Å². The zero-order valence-electron chi connectivity index (χ0n) is 21.4. The number of thioether (sulfide) groups is 2. The molecule has 0 spiro atoms. The molecule has 1 fully saturated rings. The summed E-state index contributed by atoms with van der Waals surface area (Å²) in [5.74, 6) is -0.437. The molecule has 0 atom stereocenters. The average molecular weight is 519 g/mol. The summed E-state index contributed by atoms with van der Waals surface area (Å²) in [5.41, 5.74) is 3.34. The van der Waals surface area contributed by atoms with Crippen LogP contribution in [-0.2, 0) is 19.0 Å². The fourth-order valence-electron chi connectivity index (χ4n) is 3.55.